The smallest absolute Gasteiger partial charge is 0.335 e. The van der Waals surface area contributed by atoms with Crippen molar-refractivity contribution in [3.8, 4) is 0 Å². The molecule has 1 N–H and O–H groups in total. The maximum atomic E-state index is 11.6. The summed E-state index contributed by atoms with van der Waals surface area (Å²) in [5.41, 5.74) is 0.731. The molecular formula is C12H15NO3. The molecule has 1 heterocycles. The summed E-state index contributed by atoms with van der Waals surface area (Å²) in [5, 5.41) is 8.92. The highest BCUT2D eigenvalue weighted by atomic mass is 16.4. The van der Waals surface area contributed by atoms with E-state index in [1.54, 1.807) is 17.7 Å². The van der Waals surface area contributed by atoms with Gasteiger partial charge in [0.25, 0.3) is 5.56 Å². The van der Waals surface area contributed by atoms with Crippen molar-refractivity contribution in [1.82, 2.24) is 4.57 Å². The molecule has 1 aromatic heterocycles. The van der Waals surface area contributed by atoms with E-state index in [-0.39, 0.29) is 11.1 Å². The summed E-state index contributed by atoms with van der Waals surface area (Å²) in [6.07, 6.45) is 4.43. The molecule has 4 heteroatoms. The number of carboxylic acid groups (broad SMARTS) is 1. The van der Waals surface area contributed by atoms with Gasteiger partial charge >= 0.3 is 5.97 Å². The largest absolute Gasteiger partial charge is 0.478 e. The fraction of sp³-hybridized carbons (Fsp3) is 0.500. The Labute approximate surface area is 93.5 Å². The number of rotatable bonds is 2. The monoisotopic (exact) mass is 221 g/mol. The fourth-order valence-electron chi connectivity index (χ4n) is 2.39. The molecule has 1 fully saturated rings. The quantitative estimate of drug-likeness (QED) is 0.827. The first-order chi connectivity index (χ1) is 7.59. The Morgan fingerprint density at radius 3 is 2.56 bits per heavy atom. The number of nitrogens with zero attached hydrogens (tertiary/aromatic N) is 1. The summed E-state index contributed by atoms with van der Waals surface area (Å²) in [6, 6.07) is 2.82. The Kier molecular flexibility index (Phi) is 2.81. The number of carbonyl (C=O) groups is 1. The molecule has 0 amide bonds. The van der Waals surface area contributed by atoms with Gasteiger partial charge in [0, 0.05) is 18.8 Å². The minimum atomic E-state index is -1.03. The van der Waals surface area contributed by atoms with Gasteiger partial charge in [0.05, 0.1) is 5.56 Å². The first-order valence-electron chi connectivity index (χ1n) is 5.54. The van der Waals surface area contributed by atoms with Crippen molar-refractivity contribution in [2.75, 3.05) is 0 Å². The van der Waals surface area contributed by atoms with E-state index < -0.39 is 5.97 Å². The second-order valence-electron chi connectivity index (χ2n) is 4.35. The molecule has 16 heavy (non-hydrogen) atoms. The first kappa shape index (κ1) is 10.9. The topological polar surface area (TPSA) is 59.3 Å². The zero-order valence-corrected chi connectivity index (χ0v) is 9.27. The molecule has 0 bridgehead atoms. The van der Waals surface area contributed by atoms with E-state index in [4.69, 9.17) is 5.11 Å². The maximum Gasteiger partial charge on any atom is 0.335 e. The lowest BCUT2D eigenvalue weighted by Gasteiger charge is -2.14. The second kappa shape index (κ2) is 4.12. The van der Waals surface area contributed by atoms with Gasteiger partial charge in [-0.2, -0.15) is 0 Å². The van der Waals surface area contributed by atoms with Gasteiger partial charge in [0.15, 0.2) is 0 Å². The van der Waals surface area contributed by atoms with Crippen molar-refractivity contribution >= 4 is 5.97 Å². The Bertz CT molecular complexity index is 470. The average Bonchev–Trinajstić information content (AvgIpc) is 2.74. The van der Waals surface area contributed by atoms with Gasteiger partial charge in [-0.15, -0.1) is 0 Å². The van der Waals surface area contributed by atoms with E-state index in [2.05, 4.69) is 0 Å². The zero-order valence-electron chi connectivity index (χ0n) is 9.27. The average molecular weight is 221 g/mol. The summed E-state index contributed by atoms with van der Waals surface area (Å²) < 4.78 is 1.57. The van der Waals surface area contributed by atoms with Crippen LogP contribution in [0.15, 0.2) is 16.9 Å². The van der Waals surface area contributed by atoms with Gasteiger partial charge in [-0.1, -0.05) is 12.8 Å². The van der Waals surface area contributed by atoms with Crippen LogP contribution in [-0.4, -0.2) is 15.6 Å². The minimum Gasteiger partial charge on any atom is -0.478 e. The predicted octanol–water partition coefficient (Wildman–Crippen LogP) is 1.74. The zero-order chi connectivity index (χ0) is 11.7. The lowest BCUT2D eigenvalue weighted by Crippen LogP contribution is -2.22. The standard InChI is InChI=1S/C12H15NO3/c1-13-10(8-4-2-3-5-8)6-9(12(15)16)7-11(13)14/h6-8H,2-5H2,1H3,(H,15,16). The lowest BCUT2D eigenvalue weighted by atomic mass is 10.0. The number of aromatic nitrogens is 1. The molecule has 86 valence electrons. The van der Waals surface area contributed by atoms with Gasteiger partial charge in [0.2, 0.25) is 0 Å². The summed E-state index contributed by atoms with van der Waals surface area (Å²) in [7, 11) is 1.71. The van der Waals surface area contributed by atoms with Crippen LogP contribution in [0, 0.1) is 0 Å². The van der Waals surface area contributed by atoms with Crippen LogP contribution < -0.4 is 5.56 Å². The number of pyridine rings is 1. The van der Waals surface area contributed by atoms with E-state index in [9.17, 15) is 9.59 Å². The van der Waals surface area contributed by atoms with Gasteiger partial charge in [-0.3, -0.25) is 4.79 Å². The fourth-order valence-corrected chi connectivity index (χ4v) is 2.39. The molecule has 1 aromatic rings. The molecule has 1 aliphatic rings. The molecule has 0 spiro atoms. The molecular weight excluding hydrogens is 206 g/mol. The van der Waals surface area contributed by atoms with Crippen LogP contribution in [0.25, 0.3) is 0 Å². The number of aromatic carboxylic acids is 1. The summed E-state index contributed by atoms with van der Waals surface area (Å²) >= 11 is 0. The van der Waals surface area contributed by atoms with E-state index in [0.29, 0.717) is 5.92 Å². The number of carboxylic acids is 1. The Hall–Kier alpha value is -1.58. The first-order valence-corrected chi connectivity index (χ1v) is 5.54. The van der Waals surface area contributed by atoms with Crippen molar-refractivity contribution in [1.29, 1.82) is 0 Å². The van der Waals surface area contributed by atoms with Crippen molar-refractivity contribution in [3.05, 3.63) is 33.7 Å². The van der Waals surface area contributed by atoms with E-state index >= 15 is 0 Å². The van der Waals surface area contributed by atoms with Crippen LogP contribution in [0.3, 0.4) is 0 Å². The SMILES string of the molecule is Cn1c(C2CCCC2)cc(C(=O)O)cc1=O. The molecule has 0 atom stereocenters. The third-order valence-electron chi connectivity index (χ3n) is 3.32. The van der Waals surface area contributed by atoms with Gasteiger partial charge in [-0.25, -0.2) is 4.79 Å². The van der Waals surface area contributed by atoms with Crippen molar-refractivity contribution in [3.63, 3.8) is 0 Å². The third-order valence-corrected chi connectivity index (χ3v) is 3.32. The highest BCUT2D eigenvalue weighted by Gasteiger charge is 2.21. The van der Waals surface area contributed by atoms with Crippen LogP contribution in [0.1, 0.15) is 47.7 Å². The van der Waals surface area contributed by atoms with Crippen LogP contribution in [0.2, 0.25) is 0 Å². The molecule has 1 saturated carbocycles. The van der Waals surface area contributed by atoms with Crippen molar-refractivity contribution in [2.24, 2.45) is 7.05 Å². The normalized spacial score (nSPS) is 16.6. The van der Waals surface area contributed by atoms with Gasteiger partial charge in [-0.05, 0) is 24.8 Å². The molecule has 0 saturated heterocycles. The molecule has 0 radical (unpaired) electrons. The number of hydrogen-bond acceptors (Lipinski definition) is 2. The van der Waals surface area contributed by atoms with E-state index in [1.807, 2.05) is 0 Å². The van der Waals surface area contributed by atoms with Crippen molar-refractivity contribution < 1.29 is 9.90 Å². The van der Waals surface area contributed by atoms with Gasteiger partial charge < -0.3 is 9.67 Å². The Balaban J connectivity index is 2.50. The molecule has 4 nitrogen and oxygen atoms in total. The molecule has 0 unspecified atom stereocenters. The second-order valence-corrected chi connectivity index (χ2v) is 4.35. The summed E-state index contributed by atoms with van der Waals surface area (Å²) in [4.78, 5) is 22.5. The lowest BCUT2D eigenvalue weighted by molar-refractivity contribution is 0.0696. The Morgan fingerprint density at radius 2 is 2.00 bits per heavy atom. The minimum absolute atomic E-state index is 0.102. The number of hydrogen-bond donors (Lipinski definition) is 1. The van der Waals surface area contributed by atoms with Gasteiger partial charge in [0.1, 0.15) is 0 Å². The highest BCUT2D eigenvalue weighted by Crippen LogP contribution is 2.33. The molecule has 0 aromatic carbocycles. The summed E-state index contributed by atoms with van der Waals surface area (Å²) in [5.74, 6) is -0.686. The van der Waals surface area contributed by atoms with E-state index in [0.717, 1.165) is 31.4 Å². The third kappa shape index (κ3) is 1.87. The summed E-state index contributed by atoms with van der Waals surface area (Å²) in [6.45, 7) is 0. The molecule has 2 rings (SSSR count). The molecule has 1 aliphatic carbocycles. The van der Waals surface area contributed by atoms with Crippen LogP contribution in [-0.2, 0) is 7.05 Å². The van der Waals surface area contributed by atoms with Crippen LogP contribution >= 0.6 is 0 Å². The molecule has 0 aliphatic heterocycles. The highest BCUT2D eigenvalue weighted by molar-refractivity contribution is 5.87. The Morgan fingerprint density at radius 1 is 1.38 bits per heavy atom. The maximum absolute atomic E-state index is 11.6. The van der Waals surface area contributed by atoms with Crippen LogP contribution in [0.5, 0.6) is 0 Å². The van der Waals surface area contributed by atoms with Crippen LogP contribution in [0.4, 0.5) is 0 Å². The van der Waals surface area contributed by atoms with E-state index in [1.165, 1.54) is 6.07 Å². The predicted molar refractivity (Wildman–Crippen MR) is 59.9 cm³/mol. The van der Waals surface area contributed by atoms with Crippen molar-refractivity contribution in [2.45, 2.75) is 31.6 Å².